The molecule has 0 fully saturated rings. The molecule has 0 aromatic heterocycles. The second-order valence-corrected chi connectivity index (χ2v) is 18.2. The highest BCUT2D eigenvalue weighted by Gasteiger charge is 2.27. The van der Waals surface area contributed by atoms with Crippen molar-refractivity contribution in [3.63, 3.8) is 0 Å². The van der Waals surface area contributed by atoms with Crippen LogP contribution in [0.15, 0.2) is 0 Å². The van der Waals surface area contributed by atoms with Crippen LogP contribution in [-0.2, 0) is 4.43 Å². The van der Waals surface area contributed by atoms with E-state index in [1.807, 2.05) is 7.11 Å². The quantitative estimate of drug-likeness (QED) is 0.435. The molecule has 0 N–H and O–H groups in total. The van der Waals surface area contributed by atoms with Crippen molar-refractivity contribution in [3.05, 3.63) is 0 Å². The summed E-state index contributed by atoms with van der Waals surface area (Å²) in [4.78, 5) is 0. The van der Waals surface area contributed by atoms with Crippen LogP contribution in [0.1, 0.15) is 27.2 Å². The van der Waals surface area contributed by atoms with Gasteiger partial charge >= 0.3 is 0 Å². The van der Waals surface area contributed by atoms with E-state index < -0.39 is 15.5 Å². The van der Waals surface area contributed by atoms with Crippen molar-refractivity contribution in [3.8, 4) is 0 Å². The molecule has 4 heteroatoms. The van der Waals surface area contributed by atoms with E-state index in [9.17, 15) is 0 Å². The minimum absolute atomic E-state index is 0.933. The van der Waals surface area contributed by atoms with Gasteiger partial charge in [-0.3, -0.25) is 0 Å². The van der Waals surface area contributed by atoms with Crippen molar-refractivity contribution in [2.45, 2.75) is 64.5 Å². The average molecular weight is 279 g/mol. The fourth-order valence-corrected chi connectivity index (χ4v) is 9.84. The zero-order chi connectivity index (χ0) is 12.7. The van der Waals surface area contributed by atoms with Gasteiger partial charge in [0.15, 0.2) is 8.32 Å². The molecule has 98 valence electrons. The van der Waals surface area contributed by atoms with Gasteiger partial charge in [-0.05, 0) is 31.3 Å². The van der Waals surface area contributed by atoms with Crippen molar-refractivity contribution in [2.24, 2.45) is 0 Å². The molecule has 0 aliphatic rings. The second-order valence-electron chi connectivity index (χ2n) is 5.16. The summed E-state index contributed by atoms with van der Waals surface area (Å²) in [5, 5.41) is 0. The van der Waals surface area contributed by atoms with Crippen molar-refractivity contribution in [2.75, 3.05) is 12.9 Å². The summed E-state index contributed by atoms with van der Waals surface area (Å²) in [5.74, 6) is 1.36. The van der Waals surface area contributed by atoms with Gasteiger partial charge in [0.25, 0.3) is 0 Å². The lowest BCUT2D eigenvalue weighted by Crippen LogP contribution is -2.30. The van der Waals surface area contributed by atoms with E-state index >= 15 is 0 Å². The molecule has 0 amide bonds. The summed E-state index contributed by atoms with van der Waals surface area (Å²) in [6, 6.07) is 5.64. The molecular formula is C12H30OSSi2. The molecule has 0 radical (unpaired) electrons. The van der Waals surface area contributed by atoms with Crippen LogP contribution in [0.2, 0.25) is 37.3 Å². The molecule has 0 aliphatic heterocycles. The molecule has 0 aliphatic carbocycles. The van der Waals surface area contributed by atoms with Crippen LogP contribution in [0.3, 0.4) is 0 Å². The Morgan fingerprint density at radius 3 is 1.88 bits per heavy atom. The molecule has 0 spiro atoms. The predicted molar refractivity (Wildman–Crippen MR) is 83.6 cm³/mol. The maximum Gasteiger partial charge on any atom is 0.186 e. The SMILES string of the molecule is CC[Si](CC)(CC)SCCC[Si](C)(C)OC. The first-order valence-corrected chi connectivity index (χ1v) is 14.1. The average Bonchev–Trinajstić information content (AvgIpc) is 2.30. The van der Waals surface area contributed by atoms with Crippen LogP contribution >= 0.6 is 11.2 Å². The molecule has 0 saturated heterocycles. The van der Waals surface area contributed by atoms with Crippen LogP contribution in [-0.4, -0.2) is 28.4 Å². The summed E-state index contributed by atoms with van der Waals surface area (Å²) in [6.45, 7) is 11.8. The Balaban J connectivity index is 3.88. The third-order valence-corrected chi connectivity index (χ3v) is 16.5. The molecule has 0 heterocycles. The lowest BCUT2D eigenvalue weighted by atomic mass is 10.6. The molecule has 0 aromatic carbocycles. The fourth-order valence-electron chi connectivity index (χ4n) is 1.94. The first-order valence-electron chi connectivity index (χ1n) is 6.64. The number of hydrogen-bond acceptors (Lipinski definition) is 2. The molecule has 0 aromatic rings. The van der Waals surface area contributed by atoms with E-state index in [0.717, 1.165) is 0 Å². The van der Waals surface area contributed by atoms with Gasteiger partial charge in [0.2, 0.25) is 0 Å². The van der Waals surface area contributed by atoms with Crippen molar-refractivity contribution in [1.29, 1.82) is 0 Å². The van der Waals surface area contributed by atoms with Crippen molar-refractivity contribution < 1.29 is 4.43 Å². The van der Waals surface area contributed by atoms with Gasteiger partial charge in [-0.2, -0.15) is 11.2 Å². The summed E-state index contributed by atoms with van der Waals surface area (Å²) < 4.78 is 5.59. The van der Waals surface area contributed by atoms with Crippen LogP contribution in [0.5, 0.6) is 0 Å². The van der Waals surface area contributed by atoms with Gasteiger partial charge in [-0.1, -0.05) is 38.9 Å². The highest BCUT2D eigenvalue weighted by Crippen LogP contribution is 2.33. The van der Waals surface area contributed by atoms with Crippen LogP contribution < -0.4 is 0 Å². The van der Waals surface area contributed by atoms with Crippen LogP contribution in [0, 0.1) is 0 Å². The van der Waals surface area contributed by atoms with E-state index in [4.69, 9.17) is 4.43 Å². The van der Waals surface area contributed by atoms with Crippen LogP contribution in [0.25, 0.3) is 0 Å². The summed E-state index contributed by atoms with van der Waals surface area (Å²) in [6.07, 6.45) is 1.35. The Bertz CT molecular complexity index is 174. The van der Waals surface area contributed by atoms with E-state index in [2.05, 4.69) is 45.1 Å². The Hall–Kier alpha value is 0.744. The zero-order valence-corrected chi connectivity index (χ0v) is 14.9. The molecule has 0 bridgehead atoms. The van der Waals surface area contributed by atoms with E-state index in [0.29, 0.717) is 0 Å². The highest BCUT2D eigenvalue weighted by molar-refractivity contribution is 8.28. The molecule has 0 unspecified atom stereocenters. The molecule has 16 heavy (non-hydrogen) atoms. The van der Waals surface area contributed by atoms with Gasteiger partial charge in [-0.25, -0.2) is 0 Å². The topological polar surface area (TPSA) is 9.23 Å². The Morgan fingerprint density at radius 2 is 1.50 bits per heavy atom. The first kappa shape index (κ1) is 16.7. The maximum absolute atomic E-state index is 5.59. The Labute approximate surface area is 109 Å². The highest BCUT2D eigenvalue weighted by atomic mass is 32.4. The van der Waals surface area contributed by atoms with Gasteiger partial charge < -0.3 is 4.43 Å². The second kappa shape index (κ2) is 7.95. The molecule has 1 nitrogen and oxygen atoms in total. The number of hydrogen-bond donors (Lipinski definition) is 0. The summed E-state index contributed by atoms with van der Waals surface area (Å²) in [7, 11) is -0.357. The largest absolute Gasteiger partial charge is 0.420 e. The molecular weight excluding hydrogens is 248 g/mol. The third kappa shape index (κ3) is 5.89. The van der Waals surface area contributed by atoms with Gasteiger partial charge in [0.1, 0.15) is 7.22 Å². The van der Waals surface area contributed by atoms with Crippen molar-refractivity contribution in [1.82, 2.24) is 0 Å². The first-order chi connectivity index (χ1) is 7.45. The predicted octanol–water partition coefficient (Wildman–Crippen LogP) is 4.97. The van der Waals surface area contributed by atoms with Gasteiger partial charge in [0.05, 0.1) is 0 Å². The minimum atomic E-state index is -1.30. The van der Waals surface area contributed by atoms with Crippen LogP contribution in [0.4, 0.5) is 0 Å². The maximum atomic E-state index is 5.59. The van der Waals surface area contributed by atoms with E-state index in [1.165, 1.54) is 36.4 Å². The molecule has 0 atom stereocenters. The Kier molecular flexibility index (Phi) is 8.32. The zero-order valence-electron chi connectivity index (χ0n) is 12.1. The van der Waals surface area contributed by atoms with E-state index in [-0.39, 0.29) is 0 Å². The van der Waals surface area contributed by atoms with Crippen molar-refractivity contribution >= 4 is 26.8 Å². The van der Waals surface area contributed by atoms with E-state index in [1.54, 1.807) is 0 Å². The smallest absolute Gasteiger partial charge is 0.186 e. The monoisotopic (exact) mass is 278 g/mol. The molecule has 0 saturated carbocycles. The number of rotatable bonds is 9. The summed E-state index contributed by atoms with van der Waals surface area (Å²) >= 11 is 2.33. The standard InChI is InChI=1S/C12H30OSSi2/c1-7-16(8-2,9-3)14-11-10-12-15(5,6)13-4/h7-12H2,1-6H3. The minimum Gasteiger partial charge on any atom is -0.420 e. The lowest BCUT2D eigenvalue weighted by molar-refractivity contribution is 0.403. The fraction of sp³-hybridized carbons (Fsp3) is 1.00. The lowest BCUT2D eigenvalue weighted by Gasteiger charge is -2.28. The molecule has 0 rings (SSSR count). The summed E-state index contributed by atoms with van der Waals surface area (Å²) in [5.41, 5.74) is 0. The van der Waals surface area contributed by atoms with Gasteiger partial charge in [0, 0.05) is 7.11 Å². The van der Waals surface area contributed by atoms with Gasteiger partial charge in [-0.15, -0.1) is 0 Å². The third-order valence-electron chi connectivity index (χ3n) is 3.82. The normalized spacial score (nSPS) is 13.1. The Morgan fingerprint density at radius 1 is 1.00 bits per heavy atom.